The van der Waals surface area contributed by atoms with Crippen molar-refractivity contribution in [1.29, 1.82) is 0 Å². The first kappa shape index (κ1) is 11.8. The van der Waals surface area contributed by atoms with E-state index in [9.17, 15) is 0 Å². The summed E-state index contributed by atoms with van der Waals surface area (Å²) >= 11 is 0. The van der Waals surface area contributed by atoms with Gasteiger partial charge in [-0.3, -0.25) is 0 Å². The summed E-state index contributed by atoms with van der Waals surface area (Å²) in [6.45, 7) is 8.13. The van der Waals surface area contributed by atoms with Gasteiger partial charge < -0.3 is 4.74 Å². The maximum absolute atomic E-state index is 5.40. The molecule has 0 aliphatic rings. The Bertz CT molecular complexity index is 328. The Morgan fingerprint density at radius 3 is 2.73 bits per heavy atom. The van der Waals surface area contributed by atoms with Gasteiger partial charge in [-0.25, -0.2) is 0 Å². The summed E-state index contributed by atoms with van der Waals surface area (Å²) in [5.74, 6) is 1.39. The average molecular weight is 204 g/mol. The third-order valence-electron chi connectivity index (χ3n) is 2.71. The van der Waals surface area contributed by atoms with Gasteiger partial charge in [0.05, 0.1) is 7.11 Å². The van der Waals surface area contributed by atoms with Crippen LogP contribution in [0.4, 0.5) is 0 Å². The molecule has 1 atom stereocenters. The Balaban J connectivity index is 3.01. The number of hydrogen-bond donors (Lipinski definition) is 0. The molecule has 0 radical (unpaired) electrons. The van der Waals surface area contributed by atoms with Gasteiger partial charge in [0.1, 0.15) is 5.75 Å². The second-order valence-corrected chi connectivity index (χ2v) is 3.85. The maximum atomic E-state index is 5.40. The summed E-state index contributed by atoms with van der Waals surface area (Å²) in [4.78, 5) is 0. The van der Waals surface area contributed by atoms with Crippen molar-refractivity contribution in [2.75, 3.05) is 7.11 Å². The van der Waals surface area contributed by atoms with Crippen LogP contribution < -0.4 is 4.74 Å². The number of hydrogen-bond acceptors (Lipinski definition) is 1. The number of allylic oxidation sites excluding steroid dienone is 1. The van der Waals surface area contributed by atoms with Crippen molar-refractivity contribution in [3.05, 3.63) is 42.0 Å². The van der Waals surface area contributed by atoms with Crippen LogP contribution in [0.5, 0.6) is 5.75 Å². The van der Waals surface area contributed by atoms with Crippen LogP contribution in [0.25, 0.3) is 0 Å². The van der Waals surface area contributed by atoms with Crippen LogP contribution in [0, 0.1) is 0 Å². The fourth-order valence-electron chi connectivity index (χ4n) is 1.66. The molecule has 1 aromatic carbocycles. The molecule has 1 unspecified atom stereocenters. The minimum absolute atomic E-state index is 0.384. The van der Waals surface area contributed by atoms with Crippen LogP contribution in [0.15, 0.2) is 30.9 Å². The predicted octanol–water partition coefficient (Wildman–Crippen LogP) is 3.94. The van der Waals surface area contributed by atoms with E-state index in [0.29, 0.717) is 5.92 Å². The summed E-state index contributed by atoms with van der Waals surface area (Å²) < 4.78 is 5.40. The highest BCUT2D eigenvalue weighted by atomic mass is 16.5. The smallest absolute Gasteiger partial charge is 0.122 e. The van der Waals surface area contributed by atoms with Gasteiger partial charge in [0.25, 0.3) is 0 Å². The van der Waals surface area contributed by atoms with E-state index in [1.165, 1.54) is 11.1 Å². The summed E-state index contributed by atoms with van der Waals surface area (Å²) in [5.41, 5.74) is 2.56. The zero-order valence-electron chi connectivity index (χ0n) is 9.92. The van der Waals surface area contributed by atoms with Gasteiger partial charge in [-0.2, -0.15) is 0 Å². The molecule has 0 aromatic heterocycles. The Hall–Kier alpha value is -1.24. The van der Waals surface area contributed by atoms with Crippen LogP contribution in [0.1, 0.15) is 37.3 Å². The van der Waals surface area contributed by atoms with Gasteiger partial charge in [-0.15, -0.1) is 6.58 Å². The number of ether oxygens (including phenoxy) is 1. The first-order chi connectivity index (χ1) is 7.22. The van der Waals surface area contributed by atoms with E-state index in [0.717, 1.165) is 18.6 Å². The molecule has 0 bridgehead atoms. The summed E-state index contributed by atoms with van der Waals surface area (Å²) in [6, 6.07) is 6.45. The standard InChI is InChI=1S/C14H20O/c1-5-7-12-8-9-13(11(3)6-2)10-14(12)15-4/h6,8-11H,2,5,7H2,1,3-4H3. The Kier molecular flexibility index (Phi) is 4.41. The van der Waals surface area contributed by atoms with Crippen molar-refractivity contribution >= 4 is 0 Å². The minimum atomic E-state index is 0.384. The Labute approximate surface area is 92.8 Å². The lowest BCUT2D eigenvalue weighted by Gasteiger charge is -2.12. The molecule has 15 heavy (non-hydrogen) atoms. The number of aryl methyl sites for hydroxylation is 1. The Morgan fingerprint density at radius 1 is 1.47 bits per heavy atom. The highest BCUT2D eigenvalue weighted by Gasteiger charge is 2.06. The van der Waals surface area contributed by atoms with Gasteiger partial charge in [0.15, 0.2) is 0 Å². The molecule has 0 heterocycles. The molecule has 0 N–H and O–H groups in total. The van der Waals surface area contributed by atoms with Crippen molar-refractivity contribution in [3.63, 3.8) is 0 Å². The van der Waals surface area contributed by atoms with Crippen molar-refractivity contribution in [2.45, 2.75) is 32.6 Å². The van der Waals surface area contributed by atoms with Gasteiger partial charge in [-0.05, 0) is 29.5 Å². The molecule has 0 aliphatic carbocycles. The highest BCUT2D eigenvalue weighted by molar-refractivity contribution is 5.39. The zero-order chi connectivity index (χ0) is 11.3. The summed E-state index contributed by atoms with van der Waals surface area (Å²) in [5, 5.41) is 0. The van der Waals surface area contributed by atoms with Crippen LogP contribution in [-0.4, -0.2) is 7.11 Å². The Morgan fingerprint density at radius 2 is 2.20 bits per heavy atom. The lowest BCUT2D eigenvalue weighted by Crippen LogP contribution is -1.95. The lowest BCUT2D eigenvalue weighted by atomic mass is 9.98. The molecule has 1 heteroatoms. The van der Waals surface area contributed by atoms with E-state index < -0.39 is 0 Å². The van der Waals surface area contributed by atoms with E-state index in [-0.39, 0.29) is 0 Å². The monoisotopic (exact) mass is 204 g/mol. The largest absolute Gasteiger partial charge is 0.496 e. The second-order valence-electron chi connectivity index (χ2n) is 3.85. The molecule has 0 spiro atoms. The van der Waals surface area contributed by atoms with Gasteiger partial charge in [0, 0.05) is 0 Å². The van der Waals surface area contributed by atoms with E-state index in [2.05, 4.69) is 38.6 Å². The zero-order valence-corrected chi connectivity index (χ0v) is 9.92. The molecule has 1 aromatic rings. The quantitative estimate of drug-likeness (QED) is 0.660. The maximum Gasteiger partial charge on any atom is 0.122 e. The van der Waals surface area contributed by atoms with Gasteiger partial charge >= 0.3 is 0 Å². The first-order valence-corrected chi connectivity index (χ1v) is 5.52. The number of methoxy groups -OCH3 is 1. The van der Waals surface area contributed by atoms with Crippen LogP contribution in [0.3, 0.4) is 0 Å². The van der Waals surface area contributed by atoms with E-state index in [1.807, 2.05) is 6.08 Å². The van der Waals surface area contributed by atoms with Crippen molar-refractivity contribution in [2.24, 2.45) is 0 Å². The first-order valence-electron chi connectivity index (χ1n) is 5.52. The molecule has 0 fully saturated rings. The predicted molar refractivity (Wildman–Crippen MR) is 65.6 cm³/mol. The lowest BCUT2D eigenvalue weighted by molar-refractivity contribution is 0.408. The highest BCUT2D eigenvalue weighted by Crippen LogP contribution is 2.26. The van der Waals surface area contributed by atoms with Gasteiger partial charge in [-0.1, -0.05) is 38.5 Å². The summed E-state index contributed by atoms with van der Waals surface area (Å²) in [6.07, 6.45) is 4.17. The SMILES string of the molecule is C=CC(C)c1ccc(CCC)c(OC)c1. The van der Waals surface area contributed by atoms with E-state index in [4.69, 9.17) is 4.74 Å². The second kappa shape index (κ2) is 5.59. The minimum Gasteiger partial charge on any atom is -0.496 e. The molecular formula is C14H20O. The molecule has 0 saturated carbocycles. The third-order valence-corrected chi connectivity index (χ3v) is 2.71. The molecule has 0 amide bonds. The number of benzene rings is 1. The van der Waals surface area contributed by atoms with E-state index in [1.54, 1.807) is 7.11 Å². The molecule has 0 aliphatic heterocycles. The number of rotatable bonds is 5. The normalized spacial score (nSPS) is 12.2. The summed E-state index contributed by atoms with van der Waals surface area (Å²) in [7, 11) is 1.73. The molecule has 0 saturated heterocycles. The molecular weight excluding hydrogens is 184 g/mol. The average Bonchev–Trinajstić information content (AvgIpc) is 2.29. The van der Waals surface area contributed by atoms with Crippen molar-refractivity contribution in [1.82, 2.24) is 0 Å². The molecule has 1 rings (SSSR count). The van der Waals surface area contributed by atoms with Crippen LogP contribution >= 0.6 is 0 Å². The fraction of sp³-hybridized carbons (Fsp3) is 0.429. The fourth-order valence-corrected chi connectivity index (χ4v) is 1.66. The molecule has 1 nitrogen and oxygen atoms in total. The van der Waals surface area contributed by atoms with Crippen LogP contribution in [0.2, 0.25) is 0 Å². The van der Waals surface area contributed by atoms with E-state index >= 15 is 0 Å². The van der Waals surface area contributed by atoms with Crippen LogP contribution in [-0.2, 0) is 6.42 Å². The van der Waals surface area contributed by atoms with Gasteiger partial charge in [0.2, 0.25) is 0 Å². The third kappa shape index (κ3) is 2.85. The molecule has 82 valence electrons. The van der Waals surface area contributed by atoms with Crippen molar-refractivity contribution < 1.29 is 4.74 Å². The topological polar surface area (TPSA) is 9.23 Å². The van der Waals surface area contributed by atoms with Crippen molar-refractivity contribution in [3.8, 4) is 5.75 Å².